The molecule has 0 amide bonds. The number of fused-ring (bicyclic) bond motifs is 5. The van der Waals surface area contributed by atoms with Crippen LogP contribution in [0, 0.1) is 22.7 Å². The molecule has 3 aliphatic rings. The Hall–Kier alpha value is -0.682. The molecule has 2 aromatic rings. The van der Waals surface area contributed by atoms with Gasteiger partial charge in [-0.1, -0.05) is 25.5 Å². The Morgan fingerprint density at radius 1 is 1.16 bits per heavy atom. The summed E-state index contributed by atoms with van der Waals surface area (Å²) in [5.74, 6) is 1.87. The number of hydrogen-bond donors (Lipinski definition) is 4. The molecule has 0 saturated heterocycles. The molecule has 5 rings (SSSR count). The number of benzene rings is 1. The van der Waals surface area contributed by atoms with Gasteiger partial charge in [0.2, 0.25) is 0 Å². The molecule has 2 fully saturated rings. The van der Waals surface area contributed by atoms with Gasteiger partial charge < -0.3 is 20.6 Å². The molecular formula is C29H40Cl2N2O3Pt. The van der Waals surface area contributed by atoms with Crippen molar-refractivity contribution in [3.05, 3.63) is 59.4 Å². The fourth-order valence-electron chi connectivity index (χ4n) is 7.80. The number of aliphatic hydroxyl groups is 2. The number of phenolic OH excluding ortho intramolecular Hbond substituents is 1. The van der Waals surface area contributed by atoms with E-state index in [0.717, 1.165) is 70.2 Å². The van der Waals surface area contributed by atoms with Crippen LogP contribution in [0.25, 0.3) is 0 Å². The van der Waals surface area contributed by atoms with Crippen LogP contribution in [0.2, 0.25) is 0 Å². The van der Waals surface area contributed by atoms with Gasteiger partial charge in [-0.05, 0) is 110 Å². The zero-order valence-corrected chi connectivity index (χ0v) is 25.3. The molecule has 1 heterocycles. The third kappa shape index (κ3) is 6.23. The van der Waals surface area contributed by atoms with Crippen molar-refractivity contribution in [2.75, 3.05) is 13.2 Å². The van der Waals surface area contributed by atoms with Crippen molar-refractivity contribution >= 4 is 18.8 Å². The number of nitrogens with one attached hydrogen (secondary N) is 1. The Morgan fingerprint density at radius 3 is 2.70 bits per heavy atom. The summed E-state index contributed by atoms with van der Waals surface area (Å²) in [4.78, 5) is 4.35. The summed E-state index contributed by atoms with van der Waals surface area (Å²) in [6, 6.07) is 11.9. The molecule has 8 heteroatoms. The van der Waals surface area contributed by atoms with Crippen LogP contribution in [0.1, 0.15) is 74.6 Å². The van der Waals surface area contributed by atoms with Crippen LogP contribution in [0.15, 0.2) is 42.6 Å². The normalized spacial score (nSPS) is 32.1. The van der Waals surface area contributed by atoms with E-state index in [0.29, 0.717) is 23.5 Å². The average molecular weight is 731 g/mol. The average Bonchev–Trinajstić information content (AvgIpc) is 3.14. The summed E-state index contributed by atoms with van der Waals surface area (Å²) in [5, 5.41) is 35.6. The molecular weight excluding hydrogens is 690 g/mol. The maximum absolute atomic E-state index is 11.7. The van der Waals surface area contributed by atoms with Gasteiger partial charge in [0.15, 0.2) is 0 Å². The van der Waals surface area contributed by atoms with Crippen LogP contribution in [0.3, 0.4) is 0 Å². The molecule has 208 valence electrons. The monoisotopic (exact) mass is 729 g/mol. The van der Waals surface area contributed by atoms with Crippen LogP contribution < -0.4 is 5.32 Å². The number of aromatic nitrogens is 1. The first kappa shape index (κ1) is 29.3. The number of phenols is 1. The second kappa shape index (κ2) is 13.1. The summed E-state index contributed by atoms with van der Waals surface area (Å²) in [6.07, 6.45) is 9.44. The van der Waals surface area contributed by atoms with E-state index in [-0.39, 0.29) is 17.4 Å². The summed E-state index contributed by atoms with van der Waals surface area (Å²) in [6.45, 7) is 4.06. The standard InChI is InChI=1S/C29H40N2O3.2ClH.Pt/c1-28-13-11-24-23-10-8-22(33)16-20(23)7-9-25(24)26(28)17-29(19-32,27(28)34)12-3-5-14-30-18-21-6-2-4-15-31-21;;;/h2,4,6,8,10,15-16,24-27,30,32-34H,3,5,7,9,11-14,17-19H2,1H3;2*1H;/q;;;+2/p-2/t24?,25?,26?,27-,28+,29-;;;/m1.../s1. The van der Waals surface area contributed by atoms with Crippen molar-refractivity contribution in [3.63, 3.8) is 0 Å². The fraction of sp³-hybridized carbons (Fsp3) is 0.621. The quantitative estimate of drug-likeness (QED) is 0.254. The SMILES string of the molecule is C[C@]12CCC3c4ccc(O)cc4CCC3C1C[C@@](CO)(CCCCNCc1ccccn1)[C@@H]2O.[Cl][Pt][Cl]. The third-order valence-corrected chi connectivity index (χ3v) is 9.60. The summed E-state index contributed by atoms with van der Waals surface area (Å²) in [5.41, 5.74) is 3.26. The number of halogens is 2. The first-order chi connectivity index (χ1) is 17.9. The minimum atomic E-state index is -0.472. The van der Waals surface area contributed by atoms with Crippen molar-refractivity contribution < 1.29 is 31.8 Å². The molecule has 5 nitrogen and oxygen atoms in total. The van der Waals surface area contributed by atoms with Gasteiger partial charge in [-0.3, -0.25) is 4.98 Å². The van der Waals surface area contributed by atoms with Gasteiger partial charge in [0.05, 0.1) is 18.4 Å². The molecule has 2 saturated carbocycles. The Morgan fingerprint density at radius 2 is 1.97 bits per heavy atom. The van der Waals surface area contributed by atoms with Crippen molar-refractivity contribution in [2.24, 2.45) is 22.7 Å². The van der Waals surface area contributed by atoms with Crippen molar-refractivity contribution in [3.8, 4) is 5.75 Å². The van der Waals surface area contributed by atoms with Gasteiger partial charge in [-0.15, -0.1) is 0 Å². The molecule has 0 radical (unpaired) electrons. The summed E-state index contributed by atoms with van der Waals surface area (Å²) in [7, 11) is 9.75. The zero-order valence-electron chi connectivity index (χ0n) is 21.5. The van der Waals surface area contributed by atoms with Gasteiger partial charge in [0.1, 0.15) is 5.75 Å². The number of rotatable bonds is 8. The number of aryl methyl sites for hydroxylation is 1. The molecule has 0 aliphatic heterocycles. The van der Waals surface area contributed by atoms with Crippen LogP contribution in [-0.2, 0) is 29.4 Å². The first-order valence-corrected chi connectivity index (χ1v) is 19.1. The van der Waals surface area contributed by atoms with E-state index in [9.17, 15) is 15.3 Å². The van der Waals surface area contributed by atoms with E-state index >= 15 is 0 Å². The molecule has 3 aliphatic carbocycles. The maximum atomic E-state index is 11.7. The van der Waals surface area contributed by atoms with Crippen LogP contribution >= 0.6 is 18.8 Å². The Kier molecular flexibility index (Phi) is 10.4. The molecule has 1 aromatic carbocycles. The second-order valence-electron chi connectivity index (χ2n) is 11.5. The minimum absolute atomic E-state index is 0.0729. The predicted octanol–water partition coefficient (Wildman–Crippen LogP) is 5.93. The Balaban J connectivity index is 0.00000102. The zero-order chi connectivity index (χ0) is 26.5. The van der Waals surface area contributed by atoms with Gasteiger partial charge in [0, 0.05) is 18.2 Å². The molecule has 3 unspecified atom stereocenters. The van der Waals surface area contributed by atoms with Crippen LogP contribution in [0.5, 0.6) is 5.75 Å². The molecule has 0 spiro atoms. The number of aromatic hydroxyl groups is 1. The predicted molar refractivity (Wildman–Crippen MR) is 145 cm³/mol. The molecule has 4 N–H and O–H groups in total. The van der Waals surface area contributed by atoms with E-state index in [4.69, 9.17) is 18.8 Å². The molecule has 6 atom stereocenters. The molecule has 37 heavy (non-hydrogen) atoms. The summed E-state index contributed by atoms with van der Waals surface area (Å²) >= 11 is -0.472. The number of nitrogens with zero attached hydrogens (tertiary/aromatic N) is 1. The van der Waals surface area contributed by atoms with E-state index in [2.05, 4.69) is 23.3 Å². The third-order valence-electron chi connectivity index (χ3n) is 9.60. The molecule has 0 bridgehead atoms. The van der Waals surface area contributed by atoms with E-state index in [1.165, 1.54) is 11.1 Å². The van der Waals surface area contributed by atoms with Gasteiger partial charge >= 0.3 is 35.3 Å². The van der Waals surface area contributed by atoms with E-state index in [1.807, 2.05) is 36.5 Å². The number of aliphatic hydroxyl groups excluding tert-OH is 2. The van der Waals surface area contributed by atoms with Gasteiger partial charge in [0.25, 0.3) is 0 Å². The number of hydrogen-bond acceptors (Lipinski definition) is 5. The summed E-state index contributed by atoms with van der Waals surface area (Å²) < 4.78 is 0. The molecule has 1 aromatic heterocycles. The first-order valence-electron chi connectivity index (χ1n) is 13.4. The van der Waals surface area contributed by atoms with E-state index < -0.39 is 22.6 Å². The Labute approximate surface area is 237 Å². The number of pyridine rings is 1. The van der Waals surface area contributed by atoms with Crippen molar-refractivity contribution in [2.45, 2.75) is 76.9 Å². The van der Waals surface area contributed by atoms with Crippen molar-refractivity contribution in [1.82, 2.24) is 10.3 Å². The second-order valence-corrected chi connectivity index (χ2v) is 14.8. The topological polar surface area (TPSA) is 85.6 Å². The van der Waals surface area contributed by atoms with Gasteiger partial charge in [-0.2, -0.15) is 0 Å². The van der Waals surface area contributed by atoms with Gasteiger partial charge in [-0.25, -0.2) is 0 Å². The van der Waals surface area contributed by atoms with E-state index in [1.54, 1.807) is 0 Å². The van der Waals surface area contributed by atoms with Crippen LogP contribution in [-0.4, -0.2) is 39.6 Å². The number of unbranched alkanes of at least 4 members (excludes halogenated alkanes) is 1. The Bertz CT molecular complexity index is 1020. The van der Waals surface area contributed by atoms with Crippen LogP contribution in [0.4, 0.5) is 0 Å². The van der Waals surface area contributed by atoms with Crippen molar-refractivity contribution in [1.29, 1.82) is 0 Å². The fourth-order valence-corrected chi connectivity index (χ4v) is 7.80.